The van der Waals surface area contributed by atoms with Crippen LogP contribution in [0.2, 0.25) is 0 Å². The number of halogens is 2. The smallest absolute Gasteiger partial charge is 0.263 e. The lowest BCUT2D eigenvalue weighted by Crippen LogP contribution is -1.98. The van der Waals surface area contributed by atoms with Gasteiger partial charge in [0.15, 0.2) is 5.76 Å². The average Bonchev–Trinajstić information content (AvgIpc) is 3.15. The topological polar surface area (TPSA) is 48.4 Å². The first-order chi connectivity index (χ1) is 10.7. The van der Waals surface area contributed by atoms with Gasteiger partial charge in [-0.25, -0.2) is 4.98 Å². The van der Waals surface area contributed by atoms with Crippen LogP contribution in [-0.2, 0) is 12.5 Å². The average molecular weight is 383 g/mol. The molecule has 114 valence electrons. The molecule has 2 aromatic heterocycles. The predicted octanol–water partition coefficient (Wildman–Crippen LogP) is 5.32. The first kappa shape index (κ1) is 15.2. The van der Waals surface area contributed by atoms with E-state index in [-0.39, 0.29) is 0 Å². The number of rotatable bonds is 5. The van der Waals surface area contributed by atoms with E-state index in [1.807, 2.05) is 25.1 Å². The van der Waals surface area contributed by atoms with Crippen LogP contribution in [-0.4, -0.2) is 4.98 Å². The predicted molar refractivity (Wildman–Crippen MR) is 87.0 cm³/mol. The molecule has 0 aliphatic carbocycles. The number of aromatic nitrogens is 1. The number of hydrogen-bond acceptors (Lipinski definition) is 4. The van der Waals surface area contributed by atoms with Gasteiger partial charge in [-0.3, -0.25) is 0 Å². The molecule has 0 N–H and O–H groups in total. The lowest BCUT2D eigenvalue weighted by Gasteiger charge is -2.07. The molecule has 0 atom stereocenters. The Bertz CT molecular complexity index is 768. The molecular formula is C16H13BrClNO3. The molecule has 6 heteroatoms. The molecule has 3 aromatic rings. The molecule has 0 amide bonds. The number of furan rings is 1. The highest BCUT2D eigenvalue weighted by atomic mass is 79.9. The number of oxazole rings is 1. The number of ether oxygens (including phenoxy) is 1. The van der Waals surface area contributed by atoms with E-state index in [1.54, 1.807) is 18.4 Å². The highest BCUT2D eigenvalue weighted by molar-refractivity contribution is 9.10. The van der Waals surface area contributed by atoms with Gasteiger partial charge in [0, 0.05) is 5.88 Å². The standard InChI is InChI=1S/C16H13BrClNO3/c1-10-13(19-16(22-10)15-3-2-6-20-15)9-21-14-5-4-11(8-18)7-12(14)17/h2-7H,8-9H2,1H3. The van der Waals surface area contributed by atoms with Crippen molar-refractivity contribution < 1.29 is 13.6 Å². The van der Waals surface area contributed by atoms with Crippen molar-refractivity contribution in [2.75, 3.05) is 0 Å². The Morgan fingerprint density at radius 3 is 2.86 bits per heavy atom. The molecule has 0 aliphatic heterocycles. The fraction of sp³-hybridized carbons (Fsp3) is 0.188. The normalized spacial score (nSPS) is 10.9. The number of benzene rings is 1. The van der Waals surface area contributed by atoms with Gasteiger partial charge in [-0.15, -0.1) is 11.6 Å². The van der Waals surface area contributed by atoms with Gasteiger partial charge in [0.2, 0.25) is 0 Å². The summed E-state index contributed by atoms with van der Waals surface area (Å²) in [6, 6.07) is 9.34. The van der Waals surface area contributed by atoms with E-state index in [4.69, 9.17) is 25.2 Å². The lowest BCUT2D eigenvalue weighted by atomic mass is 10.2. The van der Waals surface area contributed by atoms with Crippen molar-refractivity contribution in [3.8, 4) is 17.4 Å². The van der Waals surface area contributed by atoms with Crippen LogP contribution in [0.3, 0.4) is 0 Å². The zero-order valence-corrected chi connectivity index (χ0v) is 14.1. The van der Waals surface area contributed by atoms with E-state index >= 15 is 0 Å². The van der Waals surface area contributed by atoms with Crippen LogP contribution in [0.4, 0.5) is 0 Å². The van der Waals surface area contributed by atoms with Gasteiger partial charge in [-0.1, -0.05) is 6.07 Å². The molecule has 0 aliphatic rings. The summed E-state index contributed by atoms with van der Waals surface area (Å²) < 4.78 is 17.5. The van der Waals surface area contributed by atoms with E-state index in [0.717, 1.165) is 21.5 Å². The van der Waals surface area contributed by atoms with Crippen molar-refractivity contribution in [3.05, 3.63) is 58.1 Å². The first-order valence-electron chi connectivity index (χ1n) is 6.64. The Kier molecular flexibility index (Phi) is 4.55. The second kappa shape index (κ2) is 6.58. The second-order valence-corrected chi connectivity index (χ2v) is 5.81. The molecule has 1 aromatic carbocycles. The lowest BCUT2D eigenvalue weighted by molar-refractivity contribution is 0.297. The Morgan fingerprint density at radius 1 is 1.32 bits per heavy atom. The van der Waals surface area contributed by atoms with Crippen LogP contribution in [0, 0.1) is 6.92 Å². The summed E-state index contributed by atoms with van der Waals surface area (Å²) in [6.45, 7) is 2.17. The quantitative estimate of drug-likeness (QED) is 0.560. The summed E-state index contributed by atoms with van der Waals surface area (Å²) >= 11 is 9.28. The Balaban J connectivity index is 1.74. The van der Waals surface area contributed by atoms with Crippen LogP contribution in [0.15, 0.2) is 49.9 Å². The van der Waals surface area contributed by atoms with Gasteiger partial charge >= 0.3 is 0 Å². The molecule has 0 radical (unpaired) electrons. The number of aryl methyl sites for hydroxylation is 1. The number of hydrogen-bond donors (Lipinski definition) is 0. The molecule has 2 heterocycles. The molecule has 3 rings (SSSR count). The molecule has 0 bridgehead atoms. The molecular weight excluding hydrogens is 370 g/mol. The highest BCUT2D eigenvalue weighted by Crippen LogP contribution is 2.28. The van der Waals surface area contributed by atoms with Crippen LogP contribution < -0.4 is 4.74 Å². The van der Waals surface area contributed by atoms with Crippen LogP contribution >= 0.6 is 27.5 Å². The minimum atomic E-state index is 0.314. The summed E-state index contributed by atoms with van der Waals surface area (Å²) in [5, 5.41) is 0. The van der Waals surface area contributed by atoms with E-state index in [0.29, 0.717) is 29.9 Å². The molecule has 0 saturated carbocycles. The van der Waals surface area contributed by atoms with Gasteiger partial charge in [-0.05, 0) is 52.7 Å². The SMILES string of the molecule is Cc1oc(-c2ccco2)nc1COc1ccc(CCl)cc1Br. The Morgan fingerprint density at radius 2 is 2.18 bits per heavy atom. The van der Waals surface area contributed by atoms with Gasteiger partial charge in [0.1, 0.15) is 23.8 Å². The maximum absolute atomic E-state index is 5.80. The Hall–Kier alpha value is -1.72. The third-order valence-corrected chi connectivity index (χ3v) is 4.07. The largest absolute Gasteiger partial charge is 0.486 e. The number of nitrogens with zero attached hydrogens (tertiary/aromatic N) is 1. The maximum atomic E-state index is 5.80. The van der Waals surface area contributed by atoms with E-state index in [9.17, 15) is 0 Å². The van der Waals surface area contributed by atoms with Crippen molar-refractivity contribution in [2.45, 2.75) is 19.4 Å². The van der Waals surface area contributed by atoms with Crippen molar-refractivity contribution in [1.29, 1.82) is 0 Å². The molecule has 0 fully saturated rings. The van der Waals surface area contributed by atoms with Crippen molar-refractivity contribution >= 4 is 27.5 Å². The molecule has 0 unspecified atom stereocenters. The van der Waals surface area contributed by atoms with Crippen molar-refractivity contribution in [2.24, 2.45) is 0 Å². The third-order valence-electron chi connectivity index (χ3n) is 3.14. The van der Waals surface area contributed by atoms with E-state index < -0.39 is 0 Å². The monoisotopic (exact) mass is 381 g/mol. The fourth-order valence-electron chi connectivity index (χ4n) is 1.96. The molecule has 0 spiro atoms. The van der Waals surface area contributed by atoms with E-state index in [2.05, 4.69) is 20.9 Å². The van der Waals surface area contributed by atoms with Gasteiger partial charge < -0.3 is 13.6 Å². The van der Waals surface area contributed by atoms with Gasteiger partial charge in [0.05, 0.1) is 10.7 Å². The summed E-state index contributed by atoms with van der Waals surface area (Å²) in [7, 11) is 0. The minimum absolute atomic E-state index is 0.314. The second-order valence-electron chi connectivity index (χ2n) is 4.69. The first-order valence-corrected chi connectivity index (χ1v) is 7.97. The molecule has 0 saturated heterocycles. The maximum Gasteiger partial charge on any atom is 0.263 e. The minimum Gasteiger partial charge on any atom is -0.486 e. The van der Waals surface area contributed by atoms with Crippen LogP contribution in [0.5, 0.6) is 5.75 Å². The zero-order chi connectivity index (χ0) is 15.5. The van der Waals surface area contributed by atoms with Crippen LogP contribution in [0.1, 0.15) is 17.0 Å². The van der Waals surface area contributed by atoms with Crippen molar-refractivity contribution in [3.63, 3.8) is 0 Å². The van der Waals surface area contributed by atoms with E-state index in [1.165, 1.54) is 0 Å². The fourth-order valence-corrected chi connectivity index (χ4v) is 2.67. The Labute approximate surface area is 141 Å². The zero-order valence-electron chi connectivity index (χ0n) is 11.8. The highest BCUT2D eigenvalue weighted by Gasteiger charge is 2.14. The summed E-state index contributed by atoms with van der Waals surface area (Å²) in [6.07, 6.45) is 1.58. The van der Waals surface area contributed by atoms with Crippen molar-refractivity contribution in [1.82, 2.24) is 4.98 Å². The molecule has 4 nitrogen and oxygen atoms in total. The third kappa shape index (κ3) is 3.20. The summed E-state index contributed by atoms with van der Waals surface area (Å²) in [4.78, 5) is 4.41. The van der Waals surface area contributed by atoms with Crippen LogP contribution in [0.25, 0.3) is 11.7 Å². The molecule has 22 heavy (non-hydrogen) atoms. The number of alkyl halides is 1. The van der Waals surface area contributed by atoms with Gasteiger partial charge in [0.25, 0.3) is 5.89 Å². The van der Waals surface area contributed by atoms with Gasteiger partial charge in [-0.2, -0.15) is 0 Å². The summed E-state index contributed by atoms with van der Waals surface area (Å²) in [5.74, 6) is 2.96. The summed E-state index contributed by atoms with van der Waals surface area (Å²) in [5.41, 5.74) is 1.76.